The highest BCUT2D eigenvalue weighted by molar-refractivity contribution is 6.30. The van der Waals surface area contributed by atoms with Gasteiger partial charge in [0.1, 0.15) is 5.56 Å². The third kappa shape index (κ3) is 4.78. The maximum absolute atomic E-state index is 13.2. The number of aromatic nitrogens is 2. The van der Waals surface area contributed by atoms with Crippen molar-refractivity contribution in [2.75, 3.05) is 6.61 Å². The minimum absolute atomic E-state index is 0.00974. The van der Waals surface area contributed by atoms with E-state index in [9.17, 15) is 14.7 Å². The first-order chi connectivity index (χ1) is 14.3. The Labute approximate surface area is 180 Å². The second-order valence-corrected chi connectivity index (χ2v) is 7.95. The monoisotopic (exact) mass is 425 g/mol. The third-order valence-corrected chi connectivity index (χ3v) is 5.11. The molecule has 0 aliphatic carbocycles. The van der Waals surface area contributed by atoms with Crippen LogP contribution in [-0.2, 0) is 0 Å². The van der Waals surface area contributed by atoms with Crippen LogP contribution in [0.1, 0.15) is 29.8 Å². The first-order valence-corrected chi connectivity index (χ1v) is 10.1. The minimum Gasteiger partial charge on any atom is -0.394 e. The number of benzene rings is 2. The molecule has 1 aromatic heterocycles. The summed E-state index contributed by atoms with van der Waals surface area (Å²) in [6.07, 6.45) is 0. The summed E-state index contributed by atoms with van der Waals surface area (Å²) in [5.41, 5.74) is 2.13. The zero-order valence-electron chi connectivity index (χ0n) is 17.1. The lowest BCUT2D eigenvalue weighted by molar-refractivity contribution is 0.0894. The average Bonchev–Trinajstić information content (AvgIpc) is 2.72. The summed E-state index contributed by atoms with van der Waals surface area (Å²) in [6.45, 7) is 5.47. The van der Waals surface area contributed by atoms with Crippen molar-refractivity contribution in [3.8, 4) is 16.9 Å². The van der Waals surface area contributed by atoms with E-state index in [4.69, 9.17) is 11.6 Å². The molecule has 0 radical (unpaired) electrons. The maximum atomic E-state index is 13.2. The highest BCUT2D eigenvalue weighted by Crippen LogP contribution is 2.20. The fourth-order valence-electron chi connectivity index (χ4n) is 3.02. The summed E-state index contributed by atoms with van der Waals surface area (Å²) >= 11 is 5.99. The van der Waals surface area contributed by atoms with Crippen LogP contribution in [0, 0.1) is 12.8 Å². The molecule has 3 aromatic rings. The Bertz CT molecular complexity index is 1110. The summed E-state index contributed by atoms with van der Waals surface area (Å²) < 4.78 is 1.23. The number of amides is 1. The van der Waals surface area contributed by atoms with Gasteiger partial charge in [-0.05, 0) is 48.7 Å². The molecule has 0 spiro atoms. The van der Waals surface area contributed by atoms with Crippen LogP contribution in [0.5, 0.6) is 0 Å². The third-order valence-electron chi connectivity index (χ3n) is 4.86. The van der Waals surface area contributed by atoms with E-state index in [1.807, 2.05) is 39.0 Å². The summed E-state index contributed by atoms with van der Waals surface area (Å²) in [6, 6.07) is 15.4. The van der Waals surface area contributed by atoms with E-state index in [-0.39, 0.29) is 18.1 Å². The van der Waals surface area contributed by atoms with Gasteiger partial charge in [0.15, 0.2) is 0 Å². The number of carbonyl (C=O) groups excluding carboxylic acids is 1. The number of nitrogens with zero attached hydrogens (tertiary/aromatic N) is 2. The van der Waals surface area contributed by atoms with Gasteiger partial charge in [0.2, 0.25) is 0 Å². The van der Waals surface area contributed by atoms with Crippen LogP contribution in [0.15, 0.2) is 59.4 Å². The summed E-state index contributed by atoms with van der Waals surface area (Å²) in [4.78, 5) is 26.1. The number of hydrogen-bond acceptors (Lipinski definition) is 4. The molecule has 6 nitrogen and oxygen atoms in total. The number of aliphatic hydroxyl groups is 1. The van der Waals surface area contributed by atoms with Gasteiger partial charge < -0.3 is 10.4 Å². The van der Waals surface area contributed by atoms with E-state index in [1.54, 1.807) is 30.3 Å². The molecule has 1 atom stereocenters. The number of rotatable bonds is 6. The largest absolute Gasteiger partial charge is 0.394 e. The predicted molar refractivity (Wildman–Crippen MR) is 118 cm³/mol. The molecule has 2 N–H and O–H groups in total. The van der Waals surface area contributed by atoms with Crippen molar-refractivity contribution in [2.24, 2.45) is 5.92 Å². The molecule has 1 heterocycles. The van der Waals surface area contributed by atoms with Crippen LogP contribution >= 0.6 is 11.6 Å². The smallest absolute Gasteiger partial charge is 0.284 e. The van der Waals surface area contributed by atoms with Gasteiger partial charge in [0.05, 0.1) is 24.0 Å². The van der Waals surface area contributed by atoms with Crippen LogP contribution in [0.3, 0.4) is 0 Å². The lowest BCUT2D eigenvalue weighted by atomic mass is 10.0. The van der Waals surface area contributed by atoms with Crippen molar-refractivity contribution in [2.45, 2.75) is 26.8 Å². The molecule has 1 unspecified atom stereocenters. The first-order valence-electron chi connectivity index (χ1n) is 9.69. The van der Waals surface area contributed by atoms with Crippen LogP contribution < -0.4 is 10.9 Å². The fourth-order valence-corrected chi connectivity index (χ4v) is 3.15. The second kappa shape index (κ2) is 9.24. The van der Waals surface area contributed by atoms with E-state index in [1.165, 1.54) is 10.7 Å². The maximum Gasteiger partial charge on any atom is 0.284 e. The number of hydrogen-bond donors (Lipinski definition) is 2. The lowest BCUT2D eigenvalue weighted by Crippen LogP contribution is -2.43. The van der Waals surface area contributed by atoms with Gasteiger partial charge in [-0.1, -0.05) is 49.7 Å². The minimum atomic E-state index is -0.549. The van der Waals surface area contributed by atoms with E-state index >= 15 is 0 Å². The summed E-state index contributed by atoms with van der Waals surface area (Å²) in [5, 5.41) is 17.4. The number of halogens is 1. The van der Waals surface area contributed by atoms with Crippen molar-refractivity contribution in [1.29, 1.82) is 0 Å². The van der Waals surface area contributed by atoms with Gasteiger partial charge in [-0.3, -0.25) is 9.59 Å². The van der Waals surface area contributed by atoms with Gasteiger partial charge >= 0.3 is 0 Å². The van der Waals surface area contributed by atoms with E-state index in [2.05, 4.69) is 10.4 Å². The Morgan fingerprint density at radius 3 is 2.47 bits per heavy atom. The molecule has 0 fully saturated rings. The standard InChI is InChI=1S/C23H24ClN3O3/c1-14(2)21(13-28)25-22(29)19-12-20(16-7-9-17(24)10-8-16)26-27(23(19)30)18-6-4-5-15(3)11-18/h4-12,14,21,28H,13H2,1-3H3,(H,25,29). The molecule has 3 rings (SSSR count). The van der Waals surface area contributed by atoms with E-state index in [0.717, 1.165) is 11.1 Å². The molecular weight excluding hydrogens is 402 g/mol. The zero-order chi connectivity index (χ0) is 21.8. The Morgan fingerprint density at radius 2 is 1.87 bits per heavy atom. The molecule has 7 heteroatoms. The van der Waals surface area contributed by atoms with Crippen LogP contribution in [0.2, 0.25) is 5.02 Å². The quantitative estimate of drug-likeness (QED) is 0.631. The Hall–Kier alpha value is -2.96. The molecule has 0 aliphatic rings. The number of carbonyl (C=O) groups is 1. The van der Waals surface area contributed by atoms with Crippen LogP contribution in [-0.4, -0.2) is 33.4 Å². The van der Waals surface area contributed by atoms with Gasteiger partial charge in [0.25, 0.3) is 11.5 Å². The average molecular weight is 426 g/mol. The number of nitrogens with one attached hydrogen (secondary N) is 1. The number of aliphatic hydroxyl groups excluding tert-OH is 1. The lowest BCUT2D eigenvalue weighted by Gasteiger charge is -2.20. The van der Waals surface area contributed by atoms with Gasteiger partial charge in [0, 0.05) is 10.6 Å². The second-order valence-electron chi connectivity index (χ2n) is 7.51. The van der Waals surface area contributed by atoms with Crippen molar-refractivity contribution in [3.05, 3.63) is 81.1 Å². The van der Waals surface area contributed by atoms with Gasteiger partial charge in [-0.25, -0.2) is 0 Å². The van der Waals surface area contributed by atoms with Crippen molar-refractivity contribution in [3.63, 3.8) is 0 Å². The fraction of sp³-hybridized carbons (Fsp3) is 0.261. The molecule has 0 aliphatic heterocycles. The Kier molecular flexibility index (Phi) is 6.70. The molecule has 0 saturated heterocycles. The molecule has 0 bridgehead atoms. The molecular formula is C23H24ClN3O3. The first kappa shape index (κ1) is 21.7. The molecule has 0 saturated carbocycles. The van der Waals surface area contributed by atoms with Crippen molar-refractivity contribution >= 4 is 17.5 Å². The Balaban J connectivity index is 2.16. The molecule has 30 heavy (non-hydrogen) atoms. The Morgan fingerprint density at radius 1 is 1.17 bits per heavy atom. The van der Waals surface area contributed by atoms with Crippen LogP contribution in [0.4, 0.5) is 0 Å². The SMILES string of the molecule is Cc1cccc(-n2nc(-c3ccc(Cl)cc3)cc(C(=O)NC(CO)C(C)C)c2=O)c1. The predicted octanol–water partition coefficient (Wildman–Crippen LogP) is 3.61. The molecule has 2 aromatic carbocycles. The number of aryl methyl sites for hydroxylation is 1. The highest BCUT2D eigenvalue weighted by atomic mass is 35.5. The van der Waals surface area contributed by atoms with Crippen molar-refractivity contribution in [1.82, 2.24) is 15.1 Å². The molecule has 156 valence electrons. The summed E-state index contributed by atoms with van der Waals surface area (Å²) in [7, 11) is 0. The van der Waals surface area contributed by atoms with E-state index < -0.39 is 17.5 Å². The van der Waals surface area contributed by atoms with Gasteiger partial charge in [-0.2, -0.15) is 9.78 Å². The van der Waals surface area contributed by atoms with Crippen molar-refractivity contribution < 1.29 is 9.90 Å². The summed E-state index contributed by atoms with van der Waals surface area (Å²) in [5.74, 6) is -0.540. The molecule has 1 amide bonds. The zero-order valence-corrected chi connectivity index (χ0v) is 17.8. The topological polar surface area (TPSA) is 84.2 Å². The van der Waals surface area contributed by atoms with E-state index in [0.29, 0.717) is 16.4 Å². The normalized spacial score (nSPS) is 12.1. The van der Waals surface area contributed by atoms with Crippen LogP contribution in [0.25, 0.3) is 16.9 Å². The highest BCUT2D eigenvalue weighted by Gasteiger charge is 2.21. The van der Waals surface area contributed by atoms with Gasteiger partial charge in [-0.15, -0.1) is 0 Å².